The van der Waals surface area contributed by atoms with Crippen LogP contribution in [0.15, 0.2) is 53.5 Å². The van der Waals surface area contributed by atoms with Gasteiger partial charge >= 0.3 is 12.1 Å². The third-order valence-corrected chi connectivity index (χ3v) is 13.1. The monoisotopic (exact) mass is 831 g/mol. The predicted octanol–water partition coefficient (Wildman–Crippen LogP) is 7.05. The van der Waals surface area contributed by atoms with E-state index in [9.17, 15) is 23.9 Å². The van der Waals surface area contributed by atoms with Crippen molar-refractivity contribution >= 4 is 23.6 Å². The van der Waals surface area contributed by atoms with Crippen molar-refractivity contribution in [3.63, 3.8) is 0 Å². The van der Waals surface area contributed by atoms with E-state index in [1.807, 2.05) is 58.8 Å². The molecule has 4 heterocycles. The van der Waals surface area contributed by atoms with Crippen molar-refractivity contribution in [2.75, 3.05) is 27.2 Å². The van der Waals surface area contributed by atoms with Gasteiger partial charge in [-0.15, -0.1) is 0 Å². The van der Waals surface area contributed by atoms with Crippen LogP contribution >= 0.6 is 0 Å². The number of hydrogen-bond acceptors (Lipinski definition) is 11. The summed E-state index contributed by atoms with van der Waals surface area (Å²) in [7, 11) is 3.80. The Balaban J connectivity index is 1.42. The predicted molar refractivity (Wildman–Crippen MR) is 224 cm³/mol. The summed E-state index contributed by atoms with van der Waals surface area (Å²) in [4.78, 5) is 51.0. The van der Waals surface area contributed by atoms with E-state index in [0.29, 0.717) is 49.4 Å². The fourth-order valence-corrected chi connectivity index (χ4v) is 10.1. The first-order valence-corrected chi connectivity index (χ1v) is 21.3. The largest absolute Gasteiger partial charge is 0.458 e. The van der Waals surface area contributed by atoms with E-state index in [1.165, 1.54) is 12.1 Å². The van der Waals surface area contributed by atoms with Gasteiger partial charge in [0.15, 0.2) is 17.7 Å². The van der Waals surface area contributed by atoms with Gasteiger partial charge in [0, 0.05) is 53.6 Å². The lowest BCUT2D eigenvalue weighted by Gasteiger charge is -2.47. The molecule has 3 saturated heterocycles. The molecule has 0 aliphatic carbocycles. The lowest BCUT2D eigenvalue weighted by atomic mass is 9.66. The zero-order valence-corrected chi connectivity index (χ0v) is 36.6. The number of amides is 1. The minimum atomic E-state index is -1.20. The van der Waals surface area contributed by atoms with Crippen LogP contribution in [0.3, 0.4) is 0 Å². The number of hydrogen-bond donors (Lipinski definition) is 1. The molecule has 1 N–H and O–H groups in total. The summed E-state index contributed by atoms with van der Waals surface area (Å²) >= 11 is 0. The Labute approximate surface area is 354 Å². The summed E-state index contributed by atoms with van der Waals surface area (Å²) in [5, 5.41) is 11.7. The molecule has 2 aromatic carbocycles. The van der Waals surface area contributed by atoms with Crippen molar-refractivity contribution < 1.29 is 47.6 Å². The van der Waals surface area contributed by atoms with E-state index in [4.69, 9.17) is 28.7 Å². The van der Waals surface area contributed by atoms with Gasteiger partial charge in [-0.3, -0.25) is 19.5 Å². The zero-order chi connectivity index (χ0) is 43.7. The highest BCUT2D eigenvalue weighted by atomic mass is 19.1. The van der Waals surface area contributed by atoms with E-state index < -0.39 is 77.2 Å². The van der Waals surface area contributed by atoms with Crippen LogP contribution in [0.25, 0.3) is 0 Å². The molecule has 0 aromatic heterocycles. The number of aliphatic hydroxyl groups excluding tert-OH is 1. The average molecular weight is 832 g/mol. The molecule has 0 spiro atoms. The molecule has 12 nitrogen and oxygen atoms in total. The van der Waals surface area contributed by atoms with Crippen LogP contribution in [0.5, 0.6) is 11.5 Å². The van der Waals surface area contributed by atoms with Crippen molar-refractivity contribution in [3.05, 3.63) is 59.9 Å². The molecule has 2 aromatic rings. The van der Waals surface area contributed by atoms with Crippen molar-refractivity contribution in [2.24, 2.45) is 34.1 Å². The van der Waals surface area contributed by atoms with Crippen LogP contribution in [0, 0.1) is 46.7 Å². The van der Waals surface area contributed by atoms with Gasteiger partial charge in [0.2, 0.25) is 0 Å². The highest BCUT2D eigenvalue weighted by Gasteiger charge is 2.60. The molecule has 0 radical (unpaired) electrons. The van der Waals surface area contributed by atoms with E-state index in [-0.39, 0.29) is 30.4 Å². The number of benzene rings is 2. The van der Waals surface area contributed by atoms with E-state index in [1.54, 1.807) is 43.0 Å². The molecule has 6 rings (SSSR count). The number of esters is 1. The number of likely N-dealkylation sites (N-methyl/N-ethyl adjacent to an activating group) is 1. The molecule has 2 bridgehead atoms. The van der Waals surface area contributed by atoms with Crippen molar-refractivity contribution in [1.82, 2.24) is 9.80 Å². The Morgan fingerprint density at radius 2 is 1.73 bits per heavy atom. The van der Waals surface area contributed by atoms with Crippen molar-refractivity contribution in [3.8, 4) is 23.3 Å². The van der Waals surface area contributed by atoms with Crippen LogP contribution < -0.4 is 4.74 Å². The third-order valence-electron chi connectivity index (χ3n) is 13.1. The average Bonchev–Trinajstić information content (AvgIpc) is 3.32. The van der Waals surface area contributed by atoms with Gasteiger partial charge in [-0.2, -0.15) is 0 Å². The number of carbonyl (C=O) groups excluding carboxylic acids is 3. The van der Waals surface area contributed by atoms with Gasteiger partial charge in [0.05, 0.1) is 24.8 Å². The van der Waals surface area contributed by atoms with Crippen LogP contribution in [0.4, 0.5) is 9.18 Å². The molecular formula is C47H62FN3O9. The second-order valence-electron chi connectivity index (χ2n) is 18.0. The van der Waals surface area contributed by atoms with Crippen LogP contribution in [0.1, 0.15) is 86.6 Å². The molecule has 60 heavy (non-hydrogen) atoms. The SMILES string of the molecule is CC[C@@H]1OC(=O)[C@H](C)C(=O)[C@H](C)[C@@H](OC2O[C@H](C)C[C@H](N(C)C)[C@H]2O)[C@@](C)(CC#Cc2ccc(Oc3cccc(F)c3)cc2)C[C@@H](C)C2=NCCN3C(=O)O[C@@]1(C)[C@H]3[C@@H]2C. The minimum Gasteiger partial charge on any atom is -0.458 e. The Morgan fingerprint density at radius 1 is 1.02 bits per heavy atom. The van der Waals surface area contributed by atoms with Gasteiger partial charge in [-0.1, -0.05) is 52.5 Å². The lowest BCUT2D eigenvalue weighted by molar-refractivity contribution is -0.286. The number of aliphatic hydroxyl groups is 1. The molecule has 326 valence electrons. The van der Waals surface area contributed by atoms with E-state index in [2.05, 4.69) is 25.7 Å². The maximum Gasteiger partial charge on any atom is 0.410 e. The topological polar surface area (TPSA) is 136 Å². The second kappa shape index (κ2) is 18.3. The first-order valence-electron chi connectivity index (χ1n) is 21.3. The maximum atomic E-state index is 14.7. The first kappa shape index (κ1) is 45.2. The summed E-state index contributed by atoms with van der Waals surface area (Å²) in [6.45, 7) is 15.8. The fourth-order valence-electron chi connectivity index (χ4n) is 10.1. The highest BCUT2D eigenvalue weighted by Crippen LogP contribution is 2.46. The number of ketones is 1. The number of ether oxygens (including phenoxy) is 5. The number of carbonyl (C=O) groups is 3. The number of cyclic esters (lactones) is 1. The Kier molecular flexibility index (Phi) is 13.8. The lowest BCUT2D eigenvalue weighted by Crippen LogP contribution is -2.58. The molecule has 13 heteroatoms. The van der Waals surface area contributed by atoms with Gasteiger partial charge in [-0.25, -0.2) is 9.18 Å². The standard InChI is InChI=1S/C47H62FN3O9/c1-11-37-47(8)41-29(4)38(49-22-23-51(41)45(55)60-47)27(2)26-46(7,21-13-14-32-17-19-34(20-18-32)57-35-16-12-15-33(48)25-35)42(30(5)39(52)31(6)43(54)58-37)59-44-40(53)36(50(9)10)24-28(3)56-44/h12,15-20,25,27-31,36-37,40-42,44,53H,11,21-24,26H2,1-10H3/t27-,28-,29-,30+,31-,36+,37+,40-,41-,42-,44?,46+,47-/m1/s1. The molecule has 4 aliphatic heterocycles. The number of rotatable bonds is 7. The Hall–Kier alpha value is -4.35. The van der Waals surface area contributed by atoms with Crippen LogP contribution in [-0.2, 0) is 28.5 Å². The second-order valence-corrected chi connectivity index (χ2v) is 18.0. The molecule has 13 atom stereocenters. The normalized spacial score (nSPS) is 36.3. The highest BCUT2D eigenvalue weighted by molar-refractivity contribution is 6.00. The third kappa shape index (κ3) is 9.27. The number of aliphatic imine (C=N–C) groups is 1. The Bertz CT molecular complexity index is 1980. The molecule has 4 aliphatic rings. The maximum absolute atomic E-state index is 14.7. The van der Waals surface area contributed by atoms with Crippen molar-refractivity contribution in [1.29, 1.82) is 0 Å². The molecular weight excluding hydrogens is 770 g/mol. The summed E-state index contributed by atoms with van der Waals surface area (Å²) in [5.41, 5.74) is -0.488. The Morgan fingerprint density at radius 3 is 2.40 bits per heavy atom. The van der Waals surface area contributed by atoms with Crippen LogP contribution in [-0.4, -0.2) is 114 Å². The fraction of sp³-hybridized carbons (Fsp3) is 0.617. The van der Waals surface area contributed by atoms with Crippen molar-refractivity contribution in [2.45, 2.75) is 129 Å². The summed E-state index contributed by atoms with van der Waals surface area (Å²) in [6, 6.07) is 12.3. The van der Waals surface area contributed by atoms with Crippen LogP contribution in [0.2, 0.25) is 0 Å². The first-order chi connectivity index (χ1) is 28.4. The number of fused-ring (bicyclic) bond motifs is 1. The number of halogens is 1. The number of nitrogens with zero attached hydrogens (tertiary/aromatic N) is 3. The quantitative estimate of drug-likeness (QED) is 0.176. The molecule has 3 fully saturated rings. The molecule has 1 amide bonds. The van der Waals surface area contributed by atoms with Gasteiger partial charge < -0.3 is 33.7 Å². The van der Waals surface area contributed by atoms with E-state index in [0.717, 1.165) is 5.71 Å². The zero-order valence-electron chi connectivity index (χ0n) is 36.6. The minimum absolute atomic E-state index is 0.187. The molecule has 1 unspecified atom stereocenters. The van der Waals surface area contributed by atoms with Gasteiger partial charge in [0.1, 0.15) is 35.4 Å². The van der Waals surface area contributed by atoms with Gasteiger partial charge in [0.25, 0.3) is 0 Å². The summed E-state index contributed by atoms with van der Waals surface area (Å²) < 4.78 is 45.2. The smallest absolute Gasteiger partial charge is 0.410 e. The van der Waals surface area contributed by atoms with Gasteiger partial charge in [-0.05, 0) is 96.4 Å². The molecule has 0 saturated carbocycles. The summed E-state index contributed by atoms with van der Waals surface area (Å²) in [6.07, 6.45) is -2.89. The summed E-state index contributed by atoms with van der Waals surface area (Å²) in [5.74, 6) is 3.55. The number of Topliss-reactive ketones (excluding diaryl/α,β-unsaturated/α-hetero) is 1. The van der Waals surface area contributed by atoms with E-state index >= 15 is 0 Å².